The fourth-order valence-electron chi connectivity index (χ4n) is 1.66. The Hall–Kier alpha value is -2.18. The van der Waals surface area contributed by atoms with Gasteiger partial charge in [-0.1, -0.05) is 6.92 Å². The number of fused-ring (bicyclic) bond motifs is 1. The summed E-state index contributed by atoms with van der Waals surface area (Å²) in [5, 5.41) is 16.6. The molecule has 0 saturated heterocycles. The second-order valence-electron chi connectivity index (χ2n) is 3.63. The van der Waals surface area contributed by atoms with Crippen LogP contribution in [0, 0.1) is 0 Å². The van der Waals surface area contributed by atoms with Crippen LogP contribution in [0.4, 0.5) is 5.82 Å². The molecule has 2 heterocycles. The number of hydrogen-bond acceptors (Lipinski definition) is 5. The molecule has 2 rings (SSSR count). The van der Waals surface area contributed by atoms with Gasteiger partial charge < -0.3 is 10.0 Å². The number of aromatic nitrogens is 4. The molecule has 0 aliphatic rings. The lowest BCUT2D eigenvalue weighted by atomic mass is 10.4. The van der Waals surface area contributed by atoms with Crippen molar-refractivity contribution in [2.75, 3.05) is 18.0 Å². The van der Waals surface area contributed by atoms with Crippen molar-refractivity contribution >= 4 is 17.4 Å². The normalized spacial score (nSPS) is 10.6. The van der Waals surface area contributed by atoms with E-state index >= 15 is 0 Å². The number of hydrogen-bond donors (Lipinski definition) is 1. The summed E-state index contributed by atoms with van der Waals surface area (Å²) < 4.78 is 1.72. The first-order chi connectivity index (χ1) is 8.22. The van der Waals surface area contributed by atoms with E-state index in [9.17, 15) is 4.79 Å². The zero-order valence-electron chi connectivity index (χ0n) is 9.44. The molecule has 2 aromatic rings. The van der Waals surface area contributed by atoms with E-state index in [2.05, 4.69) is 15.2 Å². The fourth-order valence-corrected chi connectivity index (χ4v) is 1.66. The van der Waals surface area contributed by atoms with Crippen molar-refractivity contribution in [2.45, 2.75) is 13.3 Å². The Morgan fingerprint density at radius 3 is 3.12 bits per heavy atom. The van der Waals surface area contributed by atoms with Crippen LogP contribution >= 0.6 is 0 Å². The number of carboxylic acid groups (broad SMARTS) is 1. The Bertz CT molecular complexity index is 524. The van der Waals surface area contributed by atoms with Gasteiger partial charge in [0.2, 0.25) is 5.65 Å². The van der Waals surface area contributed by atoms with Crippen LogP contribution in [0.15, 0.2) is 18.7 Å². The van der Waals surface area contributed by atoms with Crippen LogP contribution < -0.4 is 4.90 Å². The molecular formula is C10H13N5O2. The van der Waals surface area contributed by atoms with Crippen molar-refractivity contribution in [1.29, 1.82) is 0 Å². The molecule has 0 aromatic carbocycles. The van der Waals surface area contributed by atoms with Crippen molar-refractivity contribution in [3.63, 3.8) is 0 Å². The number of anilines is 1. The van der Waals surface area contributed by atoms with Crippen LogP contribution in [0.3, 0.4) is 0 Å². The SMILES string of the molecule is CCCN(CC(=O)O)c1nccn2cnnc12. The Morgan fingerprint density at radius 2 is 2.41 bits per heavy atom. The minimum Gasteiger partial charge on any atom is -0.480 e. The third-order valence-electron chi connectivity index (χ3n) is 2.32. The topological polar surface area (TPSA) is 83.6 Å². The van der Waals surface area contributed by atoms with Gasteiger partial charge in [-0.25, -0.2) is 4.98 Å². The number of nitrogens with zero attached hydrogens (tertiary/aromatic N) is 5. The average Bonchev–Trinajstić information content (AvgIpc) is 2.75. The van der Waals surface area contributed by atoms with E-state index in [0.717, 1.165) is 6.42 Å². The predicted molar refractivity (Wildman–Crippen MR) is 60.9 cm³/mol. The standard InChI is InChI=1S/C10H13N5O2/c1-2-4-14(6-8(16)17)9-10-13-12-7-15(10)5-3-11-9/h3,5,7H,2,4,6H2,1H3,(H,16,17). The first-order valence-electron chi connectivity index (χ1n) is 5.33. The highest BCUT2D eigenvalue weighted by Gasteiger charge is 2.15. The predicted octanol–water partition coefficient (Wildman–Crippen LogP) is 0.425. The van der Waals surface area contributed by atoms with Gasteiger partial charge in [-0.05, 0) is 6.42 Å². The van der Waals surface area contributed by atoms with E-state index in [1.807, 2.05) is 6.92 Å². The Labute approximate surface area is 97.7 Å². The minimum atomic E-state index is -0.887. The van der Waals surface area contributed by atoms with Crippen molar-refractivity contribution < 1.29 is 9.90 Å². The van der Waals surface area contributed by atoms with Crippen LogP contribution in [0.5, 0.6) is 0 Å². The average molecular weight is 235 g/mol. The van der Waals surface area contributed by atoms with Crippen LogP contribution in [0.2, 0.25) is 0 Å². The van der Waals surface area contributed by atoms with Gasteiger partial charge in [-0.15, -0.1) is 10.2 Å². The number of aliphatic carboxylic acids is 1. The third-order valence-corrected chi connectivity index (χ3v) is 2.32. The van der Waals surface area contributed by atoms with Gasteiger partial charge in [-0.2, -0.15) is 0 Å². The molecule has 7 nitrogen and oxygen atoms in total. The summed E-state index contributed by atoms with van der Waals surface area (Å²) in [6, 6.07) is 0. The van der Waals surface area contributed by atoms with Gasteiger partial charge in [0.05, 0.1) is 0 Å². The van der Waals surface area contributed by atoms with E-state index in [0.29, 0.717) is 18.0 Å². The third kappa shape index (κ3) is 2.32. The summed E-state index contributed by atoms with van der Waals surface area (Å²) in [5.41, 5.74) is 0.571. The molecule has 0 aliphatic heterocycles. The van der Waals surface area contributed by atoms with E-state index in [1.165, 1.54) is 0 Å². The maximum atomic E-state index is 10.8. The summed E-state index contributed by atoms with van der Waals surface area (Å²) in [6.07, 6.45) is 5.73. The molecule has 0 bridgehead atoms. The second-order valence-corrected chi connectivity index (χ2v) is 3.63. The maximum absolute atomic E-state index is 10.8. The molecule has 0 atom stereocenters. The number of carbonyl (C=O) groups is 1. The molecule has 17 heavy (non-hydrogen) atoms. The molecule has 0 fully saturated rings. The lowest BCUT2D eigenvalue weighted by Gasteiger charge is -2.20. The molecule has 0 aliphatic carbocycles. The summed E-state index contributed by atoms with van der Waals surface area (Å²) >= 11 is 0. The maximum Gasteiger partial charge on any atom is 0.323 e. The van der Waals surface area contributed by atoms with Gasteiger partial charge >= 0.3 is 5.97 Å². The van der Waals surface area contributed by atoms with E-state index < -0.39 is 5.97 Å². The Kier molecular flexibility index (Phi) is 3.17. The van der Waals surface area contributed by atoms with E-state index in [1.54, 1.807) is 28.0 Å². The smallest absolute Gasteiger partial charge is 0.323 e. The van der Waals surface area contributed by atoms with E-state index in [4.69, 9.17) is 5.11 Å². The molecule has 2 aromatic heterocycles. The molecule has 7 heteroatoms. The highest BCUT2D eigenvalue weighted by atomic mass is 16.4. The van der Waals surface area contributed by atoms with Crippen molar-refractivity contribution in [3.8, 4) is 0 Å². The molecule has 0 spiro atoms. The lowest BCUT2D eigenvalue weighted by Crippen LogP contribution is -2.31. The van der Waals surface area contributed by atoms with Crippen molar-refractivity contribution in [2.24, 2.45) is 0 Å². The quantitative estimate of drug-likeness (QED) is 0.808. The zero-order chi connectivity index (χ0) is 12.3. The summed E-state index contributed by atoms with van der Waals surface area (Å²) in [4.78, 5) is 16.7. The zero-order valence-corrected chi connectivity index (χ0v) is 9.44. The van der Waals surface area contributed by atoms with Crippen LogP contribution in [-0.4, -0.2) is 43.7 Å². The van der Waals surface area contributed by atoms with Crippen LogP contribution in [0.1, 0.15) is 13.3 Å². The molecule has 0 unspecified atom stereocenters. The van der Waals surface area contributed by atoms with Gasteiger partial charge in [0.15, 0.2) is 5.82 Å². The number of rotatable bonds is 5. The largest absolute Gasteiger partial charge is 0.480 e. The highest BCUT2D eigenvalue weighted by Crippen LogP contribution is 2.15. The highest BCUT2D eigenvalue weighted by molar-refractivity contribution is 5.76. The van der Waals surface area contributed by atoms with Crippen LogP contribution in [0.25, 0.3) is 5.65 Å². The molecule has 90 valence electrons. The van der Waals surface area contributed by atoms with Crippen LogP contribution in [-0.2, 0) is 4.79 Å². The summed E-state index contributed by atoms with van der Waals surface area (Å²) in [6.45, 7) is 2.51. The Morgan fingerprint density at radius 1 is 1.59 bits per heavy atom. The van der Waals surface area contributed by atoms with E-state index in [-0.39, 0.29) is 6.54 Å². The van der Waals surface area contributed by atoms with Gasteiger partial charge in [-0.3, -0.25) is 9.20 Å². The second kappa shape index (κ2) is 4.77. The summed E-state index contributed by atoms with van der Waals surface area (Å²) in [7, 11) is 0. The molecular weight excluding hydrogens is 222 g/mol. The first-order valence-corrected chi connectivity index (χ1v) is 5.33. The minimum absolute atomic E-state index is 0.0899. The monoisotopic (exact) mass is 235 g/mol. The first kappa shape index (κ1) is 11.3. The van der Waals surface area contributed by atoms with Crippen molar-refractivity contribution in [3.05, 3.63) is 18.7 Å². The lowest BCUT2D eigenvalue weighted by molar-refractivity contribution is -0.135. The summed E-state index contributed by atoms with van der Waals surface area (Å²) in [5.74, 6) is -0.337. The molecule has 0 radical (unpaired) electrons. The van der Waals surface area contributed by atoms with Gasteiger partial charge in [0, 0.05) is 18.9 Å². The molecule has 0 saturated carbocycles. The Balaban J connectivity index is 2.40. The van der Waals surface area contributed by atoms with Gasteiger partial charge in [0.1, 0.15) is 12.9 Å². The number of carboxylic acids is 1. The fraction of sp³-hybridized carbons (Fsp3) is 0.400. The van der Waals surface area contributed by atoms with Crippen molar-refractivity contribution in [1.82, 2.24) is 19.6 Å². The molecule has 0 amide bonds. The molecule has 1 N–H and O–H groups in total. The van der Waals surface area contributed by atoms with Gasteiger partial charge in [0.25, 0.3) is 0 Å².